The topological polar surface area (TPSA) is 125 Å². The Balaban J connectivity index is 0.860. The first-order valence-corrected chi connectivity index (χ1v) is 24.4. The zero-order valence-electron chi connectivity index (χ0n) is 35.3. The minimum absolute atomic E-state index is 0.0342. The maximum Gasteiger partial charge on any atom is 0.269 e. The molecule has 0 bridgehead atoms. The number of benzene rings is 7. The summed E-state index contributed by atoms with van der Waals surface area (Å²) in [6.45, 7) is 0.360. The zero-order valence-corrected chi connectivity index (χ0v) is 40.1. The quantitative estimate of drug-likeness (QED) is 0.124. The van der Waals surface area contributed by atoms with Crippen LogP contribution in [0.25, 0.3) is 11.1 Å². The first-order chi connectivity index (χ1) is 32.7. The van der Waals surface area contributed by atoms with Crippen LogP contribution in [0.2, 0.25) is 0 Å². The van der Waals surface area contributed by atoms with E-state index in [1.807, 2.05) is 121 Å². The van der Waals surface area contributed by atoms with Gasteiger partial charge in [0.15, 0.2) is 0 Å². The van der Waals surface area contributed by atoms with E-state index >= 15 is 0 Å². The fourth-order valence-corrected chi connectivity index (χ4v) is 10.6. The van der Waals surface area contributed by atoms with Crippen molar-refractivity contribution in [3.8, 4) is 11.1 Å². The average Bonchev–Trinajstić information content (AvgIpc) is 3.62. The second kappa shape index (κ2) is 19.5. The van der Waals surface area contributed by atoms with Gasteiger partial charge in [-0.05, 0) is 107 Å². The maximum absolute atomic E-state index is 13.5. The summed E-state index contributed by atoms with van der Waals surface area (Å²) >= 11 is 10.4. The van der Waals surface area contributed by atoms with Gasteiger partial charge in [-0.1, -0.05) is 134 Å². The third-order valence-corrected chi connectivity index (χ3v) is 14.3. The highest BCUT2D eigenvalue weighted by Gasteiger charge is 2.23. The molecule has 3 amide bonds. The number of amides is 3. The van der Waals surface area contributed by atoms with Gasteiger partial charge >= 0.3 is 0 Å². The average molecular weight is 1040 g/mol. The highest BCUT2D eigenvalue weighted by Crippen LogP contribution is 2.44. The van der Waals surface area contributed by atoms with Crippen LogP contribution in [-0.2, 0) is 17.8 Å². The first kappa shape index (κ1) is 44.0. The monoisotopic (exact) mass is 1040 g/mol. The summed E-state index contributed by atoms with van der Waals surface area (Å²) in [6, 6.07) is 53.0. The molecule has 8 aromatic rings. The SMILES string of the molecule is O=C(Cc1cccc(-c2ccc3c(c2)C(c2cccc(Br)c2)=Nc2cc(C(=O)NCc4cccnc4)ccc2S3)c1)NNC(=O)c1ccc2c(c1)N=C(c1cccc(Br)c1)c1ccccc1S2. The minimum Gasteiger partial charge on any atom is -0.348 e. The molecule has 0 atom stereocenters. The van der Waals surface area contributed by atoms with Gasteiger partial charge in [-0.3, -0.25) is 30.2 Å². The number of carbonyl (C=O) groups is 3. The van der Waals surface area contributed by atoms with Crippen LogP contribution in [0.1, 0.15) is 54.1 Å². The lowest BCUT2D eigenvalue weighted by atomic mass is 9.96. The molecular weight excluding hydrogens is 1000 g/mol. The number of rotatable bonds is 9. The molecule has 1 aromatic heterocycles. The predicted octanol–water partition coefficient (Wildman–Crippen LogP) is 12.5. The van der Waals surface area contributed by atoms with Crippen molar-refractivity contribution in [1.29, 1.82) is 0 Å². The van der Waals surface area contributed by atoms with Gasteiger partial charge in [-0.15, -0.1) is 0 Å². The van der Waals surface area contributed by atoms with Gasteiger partial charge in [-0.2, -0.15) is 0 Å². The summed E-state index contributed by atoms with van der Waals surface area (Å²) in [5.74, 6) is -1.02. The number of nitrogens with zero attached hydrogens (tertiary/aromatic N) is 3. The second-order valence-electron chi connectivity index (χ2n) is 15.6. The maximum atomic E-state index is 13.5. The van der Waals surface area contributed by atoms with E-state index in [-0.39, 0.29) is 18.2 Å². The summed E-state index contributed by atoms with van der Waals surface area (Å²) in [5, 5.41) is 3.00. The Hall–Kier alpha value is -6.90. The van der Waals surface area contributed by atoms with Gasteiger partial charge in [0.25, 0.3) is 11.8 Å². The van der Waals surface area contributed by atoms with E-state index in [1.54, 1.807) is 48.1 Å². The lowest BCUT2D eigenvalue weighted by Gasteiger charge is -2.13. The molecule has 3 heterocycles. The number of hydrogen-bond acceptors (Lipinski definition) is 8. The Morgan fingerprint density at radius 3 is 1.78 bits per heavy atom. The van der Waals surface area contributed by atoms with E-state index in [2.05, 4.69) is 83.3 Å². The van der Waals surface area contributed by atoms with Crippen LogP contribution in [0.15, 0.2) is 215 Å². The highest BCUT2D eigenvalue weighted by molar-refractivity contribution is 9.10. The molecule has 67 heavy (non-hydrogen) atoms. The molecule has 0 radical (unpaired) electrons. The van der Waals surface area contributed by atoms with Crippen molar-refractivity contribution in [2.75, 3.05) is 0 Å². The Morgan fingerprint density at radius 2 is 1.09 bits per heavy atom. The van der Waals surface area contributed by atoms with E-state index in [0.717, 1.165) is 84.5 Å². The lowest BCUT2D eigenvalue weighted by molar-refractivity contribution is -0.121. The van der Waals surface area contributed by atoms with Crippen LogP contribution >= 0.6 is 55.4 Å². The Labute approximate surface area is 411 Å². The van der Waals surface area contributed by atoms with Gasteiger partial charge in [0.05, 0.1) is 29.2 Å². The Morgan fingerprint density at radius 1 is 0.493 bits per heavy atom. The summed E-state index contributed by atoms with van der Waals surface area (Å²) in [4.78, 5) is 58.6. The van der Waals surface area contributed by atoms with E-state index in [9.17, 15) is 14.4 Å². The van der Waals surface area contributed by atoms with E-state index < -0.39 is 5.91 Å². The minimum atomic E-state index is -0.455. The molecular formula is C54H36Br2N6O3S2. The van der Waals surface area contributed by atoms with E-state index in [1.165, 1.54) is 0 Å². The van der Waals surface area contributed by atoms with Crippen molar-refractivity contribution in [1.82, 2.24) is 21.2 Å². The molecule has 9 nitrogen and oxygen atoms in total. The smallest absolute Gasteiger partial charge is 0.269 e. The van der Waals surface area contributed by atoms with Crippen LogP contribution in [0, 0.1) is 0 Å². The summed E-state index contributed by atoms with van der Waals surface area (Å²) in [6.07, 6.45) is 3.47. The fraction of sp³-hybridized carbons (Fsp3) is 0.0370. The molecule has 13 heteroatoms. The number of aliphatic imine (C=N–C) groups is 2. The Bertz CT molecular complexity index is 3340. The fourth-order valence-electron chi connectivity index (χ4n) is 7.79. The van der Waals surface area contributed by atoms with Gasteiger partial charge in [0.1, 0.15) is 0 Å². The molecule has 2 aliphatic rings. The van der Waals surface area contributed by atoms with Crippen molar-refractivity contribution < 1.29 is 14.4 Å². The third kappa shape index (κ3) is 9.96. The summed E-state index contributed by atoms with van der Waals surface area (Å²) in [7, 11) is 0. The van der Waals surface area contributed by atoms with Gasteiger partial charge in [-0.25, -0.2) is 9.98 Å². The number of carbonyl (C=O) groups excluding carboxylic acids is 3. The predicted molar refractivity (Wildman–Crippen MR) is 273 cm³/mol. The van der Waals surface area contributed by atoms with Crippen molar-refractivity contribution >= 4 is 95.9 Å². The largest absolute Gasteiger partial charge is 0.348 e. The van der Waals surface area contributed by atoms with Crippen LogP contribution in [0.5, 0.6) is 0 Å². The molecule has 10 rings (SSSR count). The molecule has 0 unspecified atom stereocenters. The highest BCUT2D eigenvalue weighted by atomic mass is 79.9. The number of hydrazine groups is 1. The molecule has 2 aliphatic heterocycles. The van der Waals surface area contributed by atoms with Crippen molar-refractivity contribution in [2.45, 2.75) is 32.5 Å². The van der Waals surface area contributed by atoms with E-state index in [4.69, 9.17) is 9.98 Å². The number of aromatic nitrogens is 1. The normalized spacial score (nSPS) is 12.4. The third-order valence-electron chi connectivity index (χ3n) is 11.0. The lowest BCUT2D eigenvalue weighted by Crippen LogP contribution is -2.42. The molecule has 0 fully saturated rings. The number of fused-ring (bicyclic) bond motifs is 4. The van der Waals surface area contributed by atoms with Gasteiger partial charge in [0.2, 0.25) is 5.91 Å². The van der Waals surface area contributed by atoms with Gasteiger partial charge in [0, 0.05) is 80.8 Å². The molecule has 0 spiro atoms. The first-order valence-electron chi connectivity index (χ1n) is 21.1. The molecule has 0 saturated carbocycles. The van der Waals surface area contributed by atoms with E-state index in [0.29, 0.717) is 29.0 Å². The molecule has 3 N–H and O–H groups in total. The summed E-state index contributed by atoms with van der Waals surface area (Å²) < 4.78 is 1.86. The standard InChI is InChI=1S/C54H36Br2N6O3S2/c55-40-12-4-10-36(25-40)51-42-14-1-2-15-46(42)66-48-21-18-39(29-45(48)59-51)54(65)62-61-50(63)24-32-7-3-9-34(23-32)35-16-19-47-43(27-35)52(37-11-5-13-41(56)26-37)60-44-28-38(17-20-49(44)67-47)53(64)58-31-33-8-6-22-57-30-33/h1-23,25-30H,24,31H2,(H,58,64)(H,61,63)(H,62,65). The number of nitrogens with one attached hydrogen (secondary N) is 3. The zero-order chi connectivity index (χ0) is 45.9. The van der Waals surface area contributed by atoms with Crippen molar-refractivity contribution in [3.05, 3.63) is 230 Å². The number of hydrogen-bond donors (Lipinski definition) is 3. The number of halogens is 2. The number of pyridine rings is 1. The molecule has 7 aromatic carbocycles. The second-order valence-corrected chi connectivity index (χ2v) is 19.6. The van der Waals surface area contributed by atoms with Crippen LogP contribution in [0.4, 0.5) is 11.4 Å². The molecule has 0 aliphatic carbocycles. The van der Waals surface area contributed by atoms with Crippen molar-refractivity contribution in [2.24, 2.45) is 9.98 Å². The van der Waals surface area contributed by atoms with Gasteiger partial charge < -0.3 is 5.32 Å². The molecule has 326 valence electrons. The van der Waals surface area contributed by atoms with Crippen molar-refractivity contribution in [3.63, 3.8) is 0 Å². The molecule has 0 saturated heterocycles. The van der Waals surface area contributed by atoms with Crippen LogP contribution in [-0.4, -0.2) is 34.1 Å². The Kier molecular flexibility index (Phi) is 12.8. The van der Waals surface area contributed by atoms with Crippen LogP contribution in [0.3, 0.4) is 0 Å². The summed E-state index contributed by atoms with van der Waals surface area (Å²) in [5.41, 5.74) is 16.3. The van der Waals surface area contributed by atoms with Crippen LogP contribution < -0.4 is 16.2 Å².